The number of benzene rings is 1. The second kappa shape index (κ2) is 5.30. The maximum Gasteiger partial charge on any atom is 0.274 e. The van der Waals surface area contributed by atoms with E-state index in [0.29, 0.717) is 24.1 Å². The van der Waals surface area contributed by atoms with Crippen LogP contribution in [0.4, 0.5) is 11.4 Å². The minimum Gasteiger partial charge on any atom is -0.274 e. The predicted molar refractivity (Wildman–Crippen MR) is 84.9 cm³/mol. The van der Waals surface area contributed by atoms with Crippen LogP contribution in [0.2, 0.25) is 0 Å². The molecule has 6 heteroatoms. The number of amides is 2. The number of hydrogen-bond donors (Lipinski definition) is 0. The molecule has 0 aromatic heterocycles. The van der Waals surface area contributed by atoms with E-state index in [1.165, 1.54) is 6.07 Å². The fourth-order valence-corrected chi connectivity index (χ4v) is 3.44. The third kappa shape index (κ3) is 2.34. The molecule has 0 N–H and O–H groups in total. The number of nitrogens with zero attached hydrogens (tertiary/aromatic N) is 2. The number of anilines is 1. The molecule has 0 radical (unpaired) electrons. The van der Waals surface area contributed by atoms with Crippen molar-refractivity contribution in [2.24, 2.45) is 11.8 Å². The average Bonchev–Trinajstić information content (AvgIpc) is 2.72. The number of nitro benzene ring substituents is 1. The monoisotopic (exact) mass is 314 g/mol. The third-order valence-corrected chi connectivity index (χ3v) is 4.99. The molecule has 0 saturated carbocycles. The standard InChI is InChI=1S/C17H18N2O4/c1-9-4-5-12(8-15(9)19(22)23)18-16(20)13-6-10(2)11(3)7-14(13)17(18)21/h4-5,8,13-14H,6-7H2,1-3H3/t13-,14-/m0/s1. The summed E-state index contributed by atoms with van der Waals surface area (Å²) in [6.45, 7) is 5.61. The minimum atomic E-state index is -0.493. The molecule has 120 valence electrons. The minimum absolute atomic E-state index is 0.0801. The summed E-state index contributed by atoms with van der Waals surface area (Å²) in [5, 5.41) is 11.1. The van der Waals surface area contributed by atoms with E-state index in [0.717, 1.165) is 16.0 Å². The van der Waals surface area contributed by atoms with Gasteiger partial charge in [0.1, 0.15) is 0 Å². The number of fused-ring (bicyclic) bond motifs is 1. The lowest BCUT2D eigenvalue weighted by Crippen LogP contribution is -2.30. The molecule has 1 aliphatic heterocycles. The normalized spacial score (nSPS) is 24.2. The lowest BCUT2D eigenvalue weighted by Gasteiger charge is -2.23. The smallest absolute Gasteiger partial charge is 0.274 e. The van der Waals surface area contributed by atoms with Crippen molar-refractivity contribution >= 4 is 23.2 Å². The number of carbonyl (C=O) groups is 2. The van der Waals surface area contributed by atoms with Gasteiger partial charge in [0.15, 0.2) is 0 Å². The number of rotatable bonds is 2. The molecule has 23 heavy (non-hydrogen) atoms. The topological polar surface area (TPSA) is 80.5 Å². The van der Waals surface area contributed by atoms with Crippen LogP contribution < -0.4 is 4.90 Å². The Balaban J connectivity index is 2.00. The molecule has 1 aromatic carbocycles. The molecule has 2 aliphatic rings. The summed E-state index contributed by atoms with van der Waals surface area (Å²) >= 11 is 0. The maximum absolute atomic E-state index is 12.7. The molecular weight excluding hydrogens is 296 g/mol. The van der Waals surface area contributed by atoms with Gasteiger partial charge in [-0.3, -0.25) is 19.7 Å². The molecule has 1 saturated heterocycles. The summed E-state index contributed by atoms with van der Waals surface area (Å²) in [5.41, 5.74) is 3.03. The maximum atomic E-state index is 12.7. The van der Waals surface area contributed by atoms with Gasteiger partial charge >= 0.3 is 0 Å². The van der Waals surface area contributed by atoms with Crippen LogP contribution in [0, 0.1) is 28.9 Å². The molecule has 1 heterocycles. The van der Waals surface area contributed by atoms with Crippen molar-refractivity contribution in [3.8, 4) is 0 Å². The first-order chi connectivity index (χ1) is 10.8. The summed E-state index contributed by atoms with van der Waals surface area (Å²) in [4.78, 5) is 37.1. The number of hydrogen-bond acceptors (Lipinski definition) is 4. The first kappa shape index (κ1) is 15.4. The van der Waals surface area contributed by atoms with Gasteiger partial charge in [0, 0.05) is 11.6 Å². The largest absolute Gasteiger partial charge is 0.274 e. The van der Waals surface area contributed by atoms with Gasteiger partial charge in [-0.05, 0) is 39.7 Å². The average molecular weight is 314 g/mol. The first-order valence-corrected chi connectivity index (χ1v) is 7.59. The zero-order valence-electron chi connectivity index (χ0n) is 13.3. The third-order valence-electron chi connectivity index (χ3n) is 4.99. The Morgan fingerprint density at radius 2 is 1.57 bits per heavy atom. The highest BCUT2D eigenvalue weighted by Crippen LogP contribution is 2.42. The summed E-state index contributed by atoms with van der Waals surface area (Å²) in [6, 6.07) is 4.49. The fraction of sp³-hybridized carbons (Fsp3) is 0.412. The summed E-state index contributed by atoms with van der Waals surface area (Å²) in [7, 11) is 0. The van der Waals surface area contributed by atoms with Crippen molar-refractivity contribution in [3.05, 3.63) is 45.0 Å². The lowest BCUT2D eigenvalue weighted by molar-refractivity contribution is -0.385. The van der Waals surface area contributed by atoms with Crippen molar-refractivity contribution in [1.82, 2.24) is 0 Å². The van der Waals surface area contributed by atoms with Crippen molar-refractivity contribution in [1.29, 1.82) is 0 Å². The van der Waals surface area contributed by atoms with Gasteiger partial charge in [0.05, 0.1) is 22.4 Å². The zero-order chi connectivity index (χ0) is 16.9. The van der Waals surface area contributed by atoms with Crippen LogP contribution in [0.1, 0.15) is 32.3 Å². The van der Waals surface area contributed by atoms with Gasteiger partial charge in [-0.15, -0.1) is 0 Å². The number of imide groups is 1. The van der Waals surface area contributed by atoms with E-state index in [9.17, 15) is 19.7 Å². The van der Waals surface area contributed by atoms with Gasteiger partial charge in [0.2, 0.25) is 11.8 Å². The molecule has 0 spiro atoms. The van der Waals surface area contributed by atoms with E-state index in [1.807, 2.05) is 13.8 Å². The summed E-state index contributed by atoms with van der Waals surface area (Å²) < 4.78 is 0. The Labute approximate surface area is 133 Å². The Bertz CT molecular complexity index is 734. The van der Waals surface area contributed by atoms with Crippen LogP contribution in [0.3, 0.4) is 0 Å². The van der Waals surface area contributed by atoms with Crippen LogP contribution in [-0.2, 0) is 9.59 Å². The quantitative estimate of drug-likeness (QED) is 0.363. The number of aryl methyl sites for hydroxylation is 1. The molecule has 1 fully saturated rings. The van der Waals surface area contributed by atoms with E-state index in [-0.39, 0.29) is 29.3 Å². The SMILES string of the molecule is CC1=C(C)C[C@@H]2C(=O)N(c3ccc(C)c([N+](=O)[O-])c3)C(=O)[C@H]2C1. The highest BCUT2D eigenvalue weighted by Gasteiger charge is 2.49. The molecule has 2 amide bonds. The fourth-order valence-electron chi connectivity index (χ4n) is 3.44. The molecule has 2 atom stereocenters. The Kier molecular flexibility index (Phi) is 3.55. The molecule has 0 bridgehead atoms. The van der Waals surface area contributed by atoms with Crippen molar-refractivity contribution in [2.45, 2.75) is 33.6 Å². The second-order valence-corrected chi connectivity index (χ2v) is 6.42. The molecule has 3 rings (SSSR count). The Morgan fingerprint density at radius 1 is 1.04 bits per heavy atom. The van der Waals surface area contributed by atoms with E-state index in [1.54, 1.807) is 19.1 Å². The van der Waals surface area contributed by atoms with Crippen LogP contribution >= 0.6 is 0 Å². The van der Waals surface area contributed by atoms with E-state index in [4.69, 9.17) is 0 Å². The van der Waals surface area contributed by atoms with Gasteiger partial charge in [0.25, 0.3) is 5.69 Å². The van der Waals surface area contributed by atoms with E-state index in [2.05, 4.69) is 0 Å². The van der Waals surface area contributed by atoms with Crippen LogP contribution in [0.5, 0.6) is 0 Å². The highest BCUT2D eigenvalue weighted by atomic mass is 16.6. The summed E-state index contributed by atoms with van der Waals surface area (Å²) in [5.74, 6) is -1.17. The molecule has 1 aliphatic carbocycles. The van der Waals surface area contributed by atoms with E-state index < -0.39 is 4.92 Å². The van der Waals surface area contributed by atoms with E-state index >= 15 is 0 Å². The Morgan fingerprint density at radius 3 is 2.04 bits per heavy atom. The highest BCUT2D eigenvalue weighted by molar-refractivity contribution is 6.22. The second-order valence-electron chi connectivity index (χ2n) is 6.42. The van der Waals surface area contributed by atoms with Gasteiger partial charge in [-0.2, -0.15) is 0 Å². The lowest BCUT2D eigenvalue weighted by atomic mass is 9.78. The number of carbonyl (C=O) groups excluding carboxylic acids is 2. The van der Waals surface area contributed by atoms with Crippen LogP contribution in [-0.4, -0.2) is 16.7 Å². The van der Waals surface area contributed by atoms with Crippen LogP contribution in [0.15, 0.2) is 29.3 Å². The molecule has 6 nitrogen and oxygen atoms in total. The van der Waals surface area contributed by atoms with Crippen LogP contribution in [0.25, 0.3) is 0 Å². The van der Waals surface area contributed by atoms with Gasteiger partial charge in [-0.25, -0.2) is 4.90 Å². The summed E-state index contributed by atoms with van der Waals surface area (Å²) in [6.07, 6.45) is 1.18. The predicted octanol–water partition coefficient (Wildman–Crippen LogP) is 3.14. The zero-order valence-corrected chi connectivity index (χ0v) is 13.3. The molecular formula is C17H18N2O4. The van der Waals surface area contributed by atoms with Crippen molar-refractivity contribution in [3.63, 3.8) is 0 Å². The van der Waals surface area contributed by atoms with Gasteiger partial charge in [-0.1, -0.05) is 17.2 Å². The first-order valence-electron chi connectivity index (χ1n) is 7.59. The number of nitro groups is 1. The number of allylic oxidation sites excluding steroid dienone is 2. The van der Waals surface area contributed by atoms with Gasteiger partial charge < -0.3 is 0 Å². The van der Waals surface area contributed by atoms with Crippen molar-refractivity contribution < 1.29 is 14.5 Å². The van der Waals surface area contributed by atoms with Crippen molar-refractivity contribution in [2.75, 3.05) is 4.90 Å². The molecule has 0 unspecified atom stereocenters. The Hall–Kier alpha value is -2.50. The molecule has 1 aromatic rings.